The van der Waals surface area contributed by atoms with Crippen LogP contribution in [-0.2, 0) is 11.2 Å². The number of hydrogen-bond acceptors (Lipinski definition) is 4. The van der Waals surface area contributed by atoms with Gasteiger partial charge in [-0.3, -0.25) is 4.79 Å². The lowest BCUT2D eigenvalue weighted by molar-refractivity contribution is -0.123. The highest BCUT2D eigenvalue weighted by molar-refractivity contribution is 5.77. The molecule has 110 valence electrons. The predicted octanol–water partition coefficient (Wildman–Crippen LogP) is 1.62. The van der Waals surface area contributed by atoms with Crippen molar-refractivity contribution in [3.63, 3.8) is 0 Å². The van der Waals surface area contributed by atoms with Gasteiger partial charge in [0, 0.05) is 6.42 Å². The van der Waals surface area contributed by atoms with Crippen LogP contribution in [0.3, 0.4) is 0 Å². The van der Waals surface area contributed by atoms with Crippen molar-refractivity contribution < 1.29 is 19.4 Å². The number of benzene rings is 1. The number of carbonyl (C=O) groups is 1. The van der Waals surface area contributed by atoms with E-state index in [0.717, 1.165) is 17.1 Å². The van der Waals surface area contributed by atoms with Gasteiger partial charge in [-0.1, -0.05) is 6.07 Å². The summed E-state index contributed by atoms with van der Waals surface area (Å²) >= 11 is 0. The Hall–Kier alpha value is -1.75. The summed E-state index contributed by atoms with van der Waals surface area (Å²) in [6, 6.07) is 5.69. The van der Waals surface area contributed by atoms with Crippen LogP contribution in [0.1, 0.15) is 32.8 Å². The number of amides is 1. The summed E-state index contributed by atoms with van der Waals surface area (Å²) in [4.78, 5) is 11.9. The molecule has 0 saturated carbocycles. The first-order valence-electron chi connectivity index (χ1n) is 6.76. The van der Waals surface area contributed by atoms with E-state index in [2.05, 4.69) is 5.32 Å². The number of aliphatic hydroxyl groups excluding tert-OH is 1. The topological polar surface area (TPSA) is 67.8 Å². The maximum Gasteiger partial charge on any atom is 0.231 e. The van der Waals surface area contributed by atoms with Crippen LogP contribution in [0.15, 0.2) is 18.2 Å². The first-order chi connectivity index (χ1) is 9.38. The summed E-state index contributed by atoms with van der Waals surface area (Å²) in [5, 5.41) is 12.4. The number of fused-ring (bicyclic) bond motifs is 1. The zero-order chi connectivity index (χ0) is 14.8. The molecule has 5 nitrogen and oxygen atoms in total. The van der Waals surface area contributed by atoms with Crippen molar-refractivity contribution in [3.8, 4) is 11.5 Å². The van der Waals surface area contributed by atoms with Gasteiger partial charge in [-0.25, -0.2) is 0 Å². The molecule has 1 heterocycles. The third-order valence-corrected chi connectivity index (χ3v) is 3.58. The number of aryl methyl sites for hydroxylation is 1. The second-order valence-electron chi connectivity index (χ2n) is 5.63. The number of aliphatic hydroxyl groups is 1. The fraction of sp³-hybridized carbons (Fsp3) is 0.533. The lowest BCUT2D eigenvalue weighted by atomic mass is 9.98. The summed E-state index contributed by atoms with van der Waals surface area (Å²) < 4.78 is 10.5. The maximum atomic E-state index is 11.9. The molecule has 5 heteroatoms. The summed E-state index contributed by atoms with van der Waals surface area (Å²) in [7, 11) is 0. The quantitative estimate of drug-likeness (QED) is 0.859. The Morgan fingerprint density at radius 1 is 1.40 bits per heavy atom. The second kappa shape index (κ2) is 5.71. The van der Waals surface area contributed by atoms with Gasteiger partial charge < -0.3 is 19.9 Å². The monoisotopic (exact) mass is 279 g/mol. The van der Waals surface area contributed by atoms with Crippen molar-refractivity contribution in [2.75, 3.05) is 6.79 Å². The van der Waals surface area contributed by atoms with Crippen molar-refractivity contribution >= 4 is 5.91 Å². The van der Waals surface area contributed by atoms with E-state index >= 15 is 0 Å². The van der Waals surface area contributed by atoms with Gasteiger partial charge in [0.2, 0.25) is 12.7 Å². The normalized spacial score (nSPS) is 15.0. The number of carbonyl (C=O) groups excluding carboxylic acids is 1. The van der Waals surface area contributed by atoms with Gasteiger partial charge in [0.05, 0.1) is 11.6 Å². The highest BCUT2D eigenvalue weighted by Crippen LogP contribution is 2.32. The van der Waals surface area contributed by atoms with Crippen LogP contribution in [0.4, 0.5) is 0 Å². The van der Waals surface area contributed by atoms with E-state index < -0.39 is 11.6 Å². The van der Waals surface area contributed by atoms with Crippen LogP contribution in [0.2, 0.25) is 0 Å². The van der Waals surface area contributed by atoms with Crippen LogP contribution < -0.4 is 14.8 Å². The molecule has 0 aliphatic carbocycles. The van der Waals surface area contributed by atoms with Gasteiger partial charge in [-0.05, 0) is 44.9 Å². The van der Waals surface area contributed by atoms with Crippen molar-refractivity contribution in [1.29, 1.82) is 0 Å². The lowest BCUT2D eigenvalue weighted by Crippen LogP contribution is -2.51. The third-order valence-electron chi connectivity index (χ3n) is 3.58. The smallest absolute Gasteiger partial charge is 0.231 e. The average Bonchev–Trinajstić information content (AvgIpc) is 2.82. The molecule has 1 atom stereocenters. The highest BCUT2D eigenvalue weighted by Gasteiger charge is 2.25. The zero-order valence-corrected chi connectivity index (χ0v) is 12.1. The number of hydrogen-bond donors (Lipinski definition) is 2. The maximum absolute atomic E-state index is 11.9. The van der Waals surface area contributed by atoms with Crippen molar-refractivity contribution in [2.45, 2.75) is 45.3 Å². The molecule has 1 aliphatic rings. The van der Waals surface area contributed by atoms with Gasteiger partial charge >= 0.3 is 0 Å². The van der Waals surface area contributed by atoms with Crippen LogP contribution in [0.5, 0.6) is 11.5 Å². The Morgan fingerprint density at radius 3 is 2.80 bits per heavy atom. The van der Waals surface area contributed by atoms with E-state index in [1.54, 1.807) is 20.8 Å². The van der Waals surface area contributed by atoms with Crippen LogP contribution in [-0.4, -0.2) is 29.4 Å². The number of rotatable bonds is 5. The first-order valence-corrected chi connectivity index (χ1v) is 6.76. The molecule has 0 bridgehead atoms. The summed E-state index contributed by atoms with van der Waals surface area (Å²) in [5.74, 6) is 1.40. The fourth-order valence-corrected chi connectivity index (χ4v) is 1.88. The molecule has 1 aliphatic heterocycles. The minimum Gasteiger partial charge on any atom is -0.454 e. The van der Waals surface area contributed by atoms with E-state index in [-0.39, 0.29) is 12.7 Å². The Morgan fingerprint density at radius 2 is 2.10 bits per heavy atom. The van der Waals surface area contributed by atoms with Crippen molar-refractivity contribution in [1.82, 2.24) is 5.32 Å². The summed E-state index contributed by atoms with van der Waals surface area (Å²) in [5.41, 5.74) is 0.408. The number of nitrogens with one attached hydrogen (secondary N) is 1. The second-order valence-corrected chi connectivity index (χ2v) is 5.63. The molecular weight excluding hydrogens is 258 g/mol. The molecule has 20 heavy (non-hydrogen) atoms. The van der Waals surface area contributed by atoms with E-state index in [4.69, 9.17) is 9.47 Å². The molecule has 1 aromatic carbocycles. The Kier molecular flexibility index (Phi) is 4.18. The van der Waals surface area contributed by atoms with Gasteiger partial charge in [-0.15, -0.1) is 0 Å². The van der Waals surface area contributed by atoms with Gasteiger partial charge in [0.1, 0.15) is 0 Å². The molecular formula is C15H21NO4. The molecule has 1 unspecified atom stereocenters. The lowest BCUT2D eigenvalue weighted by Gasteiger charge is -2.29. The highest BCUT2D eigenvalue weighted by atomic mass is 16.7. The van der Waals surface area contributed by atoms with Crippen LogP contribution >= 0.6 is 0 Å². The summed E-state index contributed by atoms with van der Waals surface area (Å²) in [6.45, 7) is 5.52. The zero-order valence-electron chi connectivity index (χ0n) is 12.1. The average molecular weight is 279 g/mol. The predicted molar refractivity (Wildman–Crippen MR) is 74.8 cm³/mol. The molecule has 0 saturated heterocycles. The largest absolute Gasteiger partial charge is 0.454 e. The van der Waals surface area contributed by atoms with Gasteiger partial charge in [0.15, 0.2) is 11.5 Å². The van der Waals surface area contributed by atoms with E-state index in [1.807, 2.05) is 18.2 Å². The molecule has 2 rings (SSSR count). The molecule has 0 spiro atoms. The first kappa shape index (κ1) is 14.7. The standard InChI is InChI=1S/C15H21NO4/c1-10(17)15(2,3)16-14(18)7-5-11-4-6-12-13(8-11)20-9-19-12/h4,6,8,10,17H,5,7,9H2,1-3H3,(H,16,18). The fourth-order valence-electron chi connectivity index (χ4n) is 1.88. The third kappa shape index (κ3) is 3.42. The molecule has 1 amide bonds. The van der Waals surface area contributed by atoms with Gasteiger partial charge in [-0.2, -0.15) is 0 Å². The Labute approximate surface area is 118 Å². The van der Waals surface area contributed by atoms with Gasteiger partial charge in [0.25, 0.3) is 0 Å². The Bertz CT molecular complexity index is 497. The SMILES string of the molecule is CC(O)C(C)(C)NC(=O)CCc1ccc2c(c1)OCO2. The van der Waals surface area contributed by atoms with E-state index in [1.165, 1.54) is 0 Å². The molecule has 0 aromatic heterocycles. The van der Waals surface area contributed by atoms with Crippen molar-refractivity contribution in [3.05, 3.63) is 23.8 Å². The minimum atomic E-state index is -0.619. The molecule has 0 radical (unpaired) electrons. The summed E-state index contributed by atoms with van der Waals surface area (Å²) in [6.07, 6.45) is 0.394. The van der Waals surface area contributed by atoms with Crippen LogP contribution in [0, 0.1) is 0 Å². The van der Waals surface area contributed by atoms with Crippen LogP contribution in [0.25, 0.3) is 0 Å². The number of ether oxygens (including phenoxy) is 2. The Balaban J connectivity index is 1.88. The minimum absolute atomic E-state index is 0.0754. The molecule has 2 N–H and O–H groups in total. The van der Waals surface area contributed by atoms with E-state index in [9.17, 15) is 9.90 Å². The molecule has 1 aromatic rings. The van der Waals surface area contributed by atoms with E-state index in [0.29, 0.717) is 12.8 Å². The van der Waals surface area contributed by atoms with Crippen molar-refractivity contribution in [2.24, 2.45) is 0 Å². The molecule has 0 fully saturated rings.